The summed E-state index contributed by atoms with van der Waals surface area (Å²) in [7, 11) is 0. The Bertz CT molecular complexity index is 164. The highest BCUT2D eigenvalue weighted by Crippen LogP contribution is 2.55. The van der Waals surface area contributed by atoms with Crippen LogP contribution in [0.2, 0.25) is 0 Å². The summed E-state index contributed by atoms with van der Waals surface area (Å²) in [6.45, 7) is 2.78. The van der Waals surface area contributed by atoms with E-state index in [9.17, 15) is 5.11 Å². The van der Waals surface area contributed by atoms with Crippen LogP contribution < -0.4 is 0 Å². The van der Waals surface area contributed by atoms with Crippen LogP contribution in [-0.2, 0) is 0 Å². The van der Waals surface area contributed by atoms with Crippen molar-refractivity contribution in [2.45, 2.75) is 45.4 Å². The monoisotopic (exact) mass is 168 g/mol. The molecule has 12 heavy (non-hydrogen) atoms. The summed E-state index contributed by atoms with van der Waals surface area (Å²) in [4.78, 5) is 0. The number of hydrogen-bond acceptors (Lipinski definition) is 1. The van der Waals surface area contributed by atoms with Gasteiger partial charge in [0.1, 0.15) is 0 Å². The molecule has 0 aromatic heterocycles. The molecule has 0 spiro atoms. The van der Waals surface area contributed by atoms with Crippen molar-refractivity contribution >= 4 is 0 Å². The van der Waals surface area contributed by atoms with E-state index in [-0.39, 0.29) is 0 Å². The van der Waals surface area contributed by atoms with E-state index in [0.29, 0.717) is 12.0 Å². The molecule has 0 aromatic carbocycles. The Morgan fingerprint density at radius 2 is 2.08 bits per heavy atom. The number of rotatable bonds is 1. The fourth-order valence-electron chi connectivity index (χ4n) is 3.52. The molecule has 1 N–H and O–H groups in total. The number of hydrogen-bond donors (Lipinski definition) is 1. The SMILES string of the molecule is C[C@H]1CCC2CCCC[C@@]21CO. The maximum absolute atomic E-state index is 9.52. The Kier molecular flexibility index (Phi) is 2.16. The third-order valence-electron chi connectivity index (χ3n) is 4.48. The van der Waals surface area contributed by atoms with Gasteiger partial charge in [0.15, 0.2) is 0 Å². The molecule has 3 atom stereocenters. The quantitative estimate of drug-likeness (QED) is 0.638. The molecule has 2 saturated carbocycles. The fraction of sp³-hybridized carbons (Fsp3) is 1.00. The summed E-state index contributed by atoms with van der Waals surface area (Å²) in [5.41, 5.74) is 0.345. The Morgan fingerprint density at radius 1 is 1.25 bits per heavy atom. The second kappa shape index (κ2) is 3.02. The summed E-state index contributed by atoms with van der Waals surface area (Å²) in [6, 6.07) is 0. The lowest BCUT2D eigenvalue weighted by Crippen LogP contribution is -2.37. The molecule has 0 aromatic rings. The van der Waals surface area contributed by atoms with Crippen LogP contribution >= 0.6 is 0 Å². The molecule has 70 valence electrons. The number of aliphatic hydroxyl groups excluding tert-OH is 1. The second-order valence-corrected chi connectivity index (χ2v) is 4.81. The Hall–Kier alpha value is -0.0400. The second-order valence-electron chi connectivity index (χ2n) is 4.81. The van der Waals surface area contributed by atoms with Crippen LogP contribution in [0.3, 0.4) is 0 Å². The lowest BCUT2D eigenvalue weighted by atomic mass is 9.65. The largest absolute Gasteiger partial charge is 0.396 e. The molecular formula is C11H20O. The fourth-order valence-corrected chi connectivity index (χ4v) is 3.52. The van der Waals surface area contributed by atoms with Gasteiger partial charge in [-0.2, -0.15) is 0 Å². The molecule has 2 aliphatic rings. The van der Waals surface area contributed by atoms with Gasteiger partial charge in [0.2, 0.25) is 0 Å². The van der Waals surface area contributed by atoms with Gasteiger partial charge in [-0.1, -0.05) is 19.8 Å². The average Bonchev–Trinajstić information content (AvgIpc) is 2.45. The van der Waals surface area contributed by atoms with Crippen LogP contribution in [0.5, 0.6) is 0 Å². The molecule has 0 aliphatic heterocycles. The van der Waals surface area contributed by atoms with E-state index in [1.807, 2.05) is 0 Å². The lowest BCUT2D eigenvalue weighted by molar-refractivity contribution is 0.0150. The first kappa shape index (κ1) is 8.55. The van der Waals surface area contributed by atoms with Crippen molar-refractivity contribution in [3.05, 3.63) is 0 Å². The maximum Gasteiger partial charge on any atom is 0.0492 e. The van der Waals surface area contributed by atoms with E-state index in [4.69, 9.17) is 0 Å². The zero-order valence-corrected chi connectivity index (χ0v) is 8.05. The van der Waals surface area contributed by atoms with Crippen molar-refractivity contribution in [3.63, 3.8) is 0 Å². The molecule has 1 heteroatoms. The summed E-state index contributed by atoms with van der Waals surface area (Å²) in [5, 5.41) is 9.52. The molecule has 0 saturated heterocycles. The first-order valence-corrected chi connectivity index (χ1v) is 5.40. The summed E-state index contributed by atoms with van der Waals surface area (Å²) in [5.74, 6) is 1.62. The number of fused-ring (bicyclic) bond motifs is 1. The predicted octanol–water partition coefficient (Wildman–Crippen LogP) is 2.59. The maximum atomic E-state index is 9.52. The van der Waals surface area contributed by atoms with Gasteiger partial charge in [-0.15, -0.1) is 0 Å². The Labute approximate surface area is 75.2 Å². The third kappa shape index (κ3) is 1.02. The Morgan fingerprint density at radius 3 is 2.75 bits per heavy atom. The molecule has 2 fully saturated rings. The summed E-state index contributed by atoms with van der Waals surface area (Å²) in [6.07, 6.45) is 8.15. The number of aliphatic hydroxyl groups is 1. The predicted molar refractivity (Wildman–Crippen MR) is 49.9 cm³/mol. The third-order valence-corrected chi connectivity index (χ3v) is 4.48. The normalized spacial score (nSPS) is 47.5. The van der Waals surface area contributed by atoms with Crippen molar-refractivity contribution in [1.82, 2.24) is 0 Å². The van der Waals surface area contributed by atoms with E-state index in [2.05, 4.69) is 6.92 Å². The van der Waals surface area contributed by atoms with Gasteiger partial charge in [-0.25, -0.2) is 0 Å². The minimum absolute atomic E-state index is 0.345. The zero-order chi connectivity index (χ0) is 8.60. The van der Waals surface area contributed by atoms with Crippen molar-refractivity contribution in [3.8, 4) is 0 Å². The van der Waals surface area contributed by atoms with Crippen molar-refractivity contribution in [1.29, 1.82) is 0 Å². The summed E-state index contributed by atoms with van der Waals surface area (Å²) < 4.78 is 0. The lowest BCUT2D eigenvalue weighted by Gasteiger charge is -2.41. The van der Waals surface area contributed by atoms with Gasteiger partial charge >= 0.3 is 0 Å². The van der Waals surface area contributed by atoms with Crippen molar-refractivity contribution < 1.29 is 5.11 Å². The van der Waals surface area contributed by atoms with E-state index in [0.717, 1.165) is 11.8 Å². The van der Waals surface area contributed by atoms with Crippen LogP contribution in [0.4, 0.5) is 0 Å². The smallest absolute Gasteiger partial charge is 0.0492 e. The van der Waals surface area contributed by atoms with Gasteiger partial charge in [0.25, 0.3) is 0 Å². The molecule has 2 rings (SSSR count). The van der Waals surface area contributed by atoms with Gasteiger partial charge < -0.3 is 5.11 Å². The van der Waals surface area contributed by atoms with Crippen molar-refractivity contribution in [2.24, 2.45) is 17.3 Å². The zero-order valence-electron chi connectivity index (χ0n) is 8.05. The molecule has 0 amide bonds. The topological polar surface area (TPSA) is 20.2 Å². The summed E-state index contributed by atoms with van der Waals surface area (Å²) >= 11 is 0. The first-order valence-electron chi connectivity index (χ1n) is 5.40. The van der Waals surface area contributed by atoms with E-state index in [1.54, 1.807) is 0 Å². The standard InChI is InChI=1S/C11H20O/c1-9-5-6-10-4-2-3-7-11(9,10)8-12/h9-10,12H,2-8H2,1H3/t9-,10?,11-/m0/s1. The minimum Gasteiger partial charge on any atom is -0.396 e. The van der Waals surface area contributed by atoms with E-state index >= 15 is 0 Å². The van der Waals surface area contributed by atoms with Gasteiger partial charge in [-0.3, -0.25) is 0 Å². The van der Waals surface area contributed by atoms with Crippen LogP contribution in [0.25, 0.3) is 0 Å². The molecular weight excluding hydrogens is 148 g/mol. The molecule has 0 bridgehead atoms. The highest BCUT2D eigenvalue weighted by atomic mass is 16.3. The highest BCUT2D eigenvalue weighted by Gasteiger charge is 2.48. The van der Waals surface area contributed by atoms with E-state index < -0.39 is 0 Å². The van der Waals surface area contributed by atoms with E-state index in [1.165, 1.54) is 38.5 Å². The molecule has 1 unspecified atom stereocenters. The molecule has 0 heterocycles. The Balaban J connectivity index is 2.19. The van der Waals surface area contributed by atoms with Crippen LogP contribution in [0, 0.1) is 17.3 Å². The van der Waals surface area contributed by atoms with Gasteiger partial charge in [0.05, 0.1) is 0 Å². The van der Waals surface area contributed by atoms with Gasteiger partial charge in [-0.05, 0) is 42.9 Å². The molecule has 0 radical (unpaired) electrons. The van der Waals surface area contributed by atoms with Gasteiger partial charge in [0, 0.05) is 6.61 Å². The van der Waals surface area contributed by atoms with Crippen LogP contribution in [0.15, 0.2) is 0 Å². The molecule has 1 nitrogen and oxygen atoms in total. The van der Waals surface area contributed by atoms with Crippen molar-refractivity contribution in [2.75, 3.05) is 6.61 Å². The average molecular weight is 168 g/mol. The van der Waals surface area contributed by atoms with Crippen LogP contribution in [0.1, 0.15) is 45.4 Å². The highest BCUT2D eigenvalue weighted by molar-refractivity contribution is 4.97. The molecule has 2 aliphatic carbocycles. The van der Waals surface area contributed by atoms with Crippen LogP contribution in [-0.4, -0.2) is 11.7 Å². The first-order chi connectivity index (χ1) is 5.79. The minimum atomic E-state index is 0.345.